The van der Waals surface area contributed by atoms with Crippen LogP contribution in [-0.2, 0) is 33.3 Å². The minimum absolute atomic E-state index is 0.0502. The fourth-order valence-electron chi connectivity index (χ4n) is 2.24. The predicted molar refractivity (Wildman–Crippen MR) is 84.8 cm³/mol. The molecule has 0 N–H and O–H groups in total. The van der Waals surface area contributed by atoms with Crippen LogP contribution in [0.25, 0.3) is 0 Å². The molecule has 0 amide bonds. The van der Waals surface area contributed by atoms with Crippen LogP contribution in [0.4, 0.5) is 0 Å². The van der Waals surface area contributed by atoms with E-state index in [9.17, 15) is 14.4 Å². The van der Waals surface area contributed by atoms with Crippen molar-refractivity contribution in [2.24, 2.45) is 5.92 Å². The van der Waals surface area contributed by atoms with Gasteiger partial charge >= 0.3 is 11.9 Å². The Morgan fingerprint density at radius 3 is 2.42 bits per heavy atom. The Kier molecular flexibility index (Phi) is 8.63. The Balaban J connectivity index is 2.58. The van der Waals surface area contributed by atoms with E-state index in [1.54, 1.807) is 13.0 Å². The van der Waals surface area contributed by atoms with Crippen LogP contribution in [0.15, 0.2) is 11.8 Å². The van der Waals surface area contributed by atoms with Crippen LogP contribution in [0, 0.1) is 5.92 Å². The Morgan fingerprint density at radius 1 is 1.12 bits per heavy atom. The molecule has 1 heterocycles. The first kappa shape index (κ1) is 20.3. The fraction of sp³-hybridized carbons (Fsp3) is 0.706. The molecule has 3 atom stereocenters. The van der Waals surface area contributed by atoms with E-state index in [-0.39, 0.29) is 18.3 Å². The summed E-state index contributed by atoms with van der Waals surface area (Å²) < 4.78 is 21.6. The number of carbonyl (C=O) groups is 3. The number of unbranched alkanes of at least 4 members (excludes halogenated alkanes) is 1. The van der Waals surface area contributed by atoms with E-state index in [1.807, 2.05) is 6.92 Å². The van der Waals surface area contributed by atoms with E-state index in [1.165, 1.54) is 13.8 Å². The van der Waals surface area contributed by atoms with Gasteiger partial charge in [0.25, 0.3) is 0 Å². The normalized spacial score (nSPS) is 23.3. The maximum absolute atomic E-state index is 11.2. The van der Waals surface area contributed by atoms with Gasteiger partial charge in [-0.1, -0.05) is 6.92 Å². The summed E-state index contributed by atoms with van der Waals surface area (Å²) in [6.45, 7) is 6.44. The van der Waals surface area contributed by atoms with Crippen LogP contribution in [0.3, 0.4) is 0 Å². The molecule has 0 aromatic carbocycles. The van der Waals surface area contributed by atoms with Gasteiger partial charge in [-0.2, -0.15) is 0 Å². The highest BCUT2D eigenvalue weighted by molar-refractivity contribution is 5.75. The van der Waals surface area contributed by atoms with E-state index in [0.717, 1.165) is 12.8 Å². The average molecular weight is 342 g/mol. The van der Waals surface area contributed by atoms with Crippen molar-refractivity contribution in [1.29, 1.82) is 0 Å². The van der Waals surface area contributed by atoms with Crippen LogP contribution in [-0.4, -0.2) is 43.3 Å². The van der Waals surface area contributed by atoms with Gasteiger partial charge in [0.05, 0.1) is 0 Å². The number of carbonyl (C=O) groups excluding carboxylic acids is 3. The molecule has 0 saturated heterocycles. The number of ketones is 1. The van der Waals surface area contributed by atoms with E-state index in [2.05, 4.69) is 0 Å². The molecule has 0 saturated carbocycles. The molecule has 0 spiro atoms. The molecule has 24 heavy (non-hydrogen) atoms. The number of Topliss-reactive ketones (excluding diaryl/α,β-unsaturated/α-hetero) is 1. The fourth-order valence-corrected chi connectivity index (χ4v) is 2.24. The third-order valence-corrected chi connectivity index (χ3v) is 3.38. The second kappa shape index (κ2) is 10.2. The Bertz CT molecular complexity index is 483. The van der Waals surface area contributed by atoms with Crippen molar-refractivity contribution in [2.45, 2.75) is 59.4 Å². The lowest BCUT2D eigenvalue weighted by Crippen LogP contribution is -2.39. The van der Waals surface area contributed by atoms with Crippen molar-refractivity contribution < 1.29 is 33.3 Å². The van der Waals surface area contributed by atoms with Crippen LogP contribution >= 0.6 is 0 Å². The zero-order chi connectivity index (χ0) is 18.1. The maximum atomic E-state index is 11.2. The highest BCUT2D eigenvalue weighted by Gasteiger charge is 2.33. The van der Waals surface area contributed by atoms with Crippen LogP contribution < -0.4 is 0 Å². The Hall–Kier alpha value is -1.73. The lowest BCUT2D eigenvalue weighted by molar-refractivity contribution is -0.207. The van der Waals surface area contributed by atoms with E-state index < -0.39 is 24.3 Å². The molecule has 0 aromatic heterocycles. The molecule has 7 nitrogen and oxygen atoms in total. The molecule has 1 aliphatic heterocycles. The molecule has 0 radical (unpaired) electrons. The van der Waals surface area contributed by atoms with Gasteiger partial charge in [-0.3, -0.25) is 9.59 Å². The van der Waals surface area contributed by atoms with E-state index in [0.29, 0.717) is 18.8 Å². The predicted octanol–water partition coefficient (Wildman–Crippen LogP) is 2.13. The zero-order valence-electron chi connectivity index (χ0n) is 14.7. The monoisotopic (exact) mass is 342 g/mol. The van der Waals surface area contributed by atoms with Gasteiger partial charge < -0.3 is 23.7 Å². The van der Waals surface area contributed by atoms with Gasteiger partial charge in [0, 0.05) is 32.8 Å². The van der Waals surface area contributed by atoms with Crippen molar-refractivity contribution in [3.63, 3.8) is 0 Å². The third-order valence-electron chi connectivity index (χ3n) is 3.38. The number of esters is 2. The molecule has 3 unspecified atom stereocenters. The lowest BCUT2D eigenvalue weighted by Gasteiger charge is -2.33. The Labute approximate surface area is 142 Å². The van der Waals surface area contributed by atoms with Gasteiger partial charge in [-0.15, -0.1) is 0 Å². The van der Waals surface area contributed by atoms with E-state index in [4.69, 9.17) is 18.9 Å². The lowest BCUT2D eigenvalue weighted by atomic mass is 10.1. The molecular formula is C17H26O7. The smallest absolute Gasteiger partial charge is 0.307 e. The second-order valence-electron chi connectivity index (χ2n) is 5.85. The third kappa shape index (κ3) is 7.70. The summed E-state index contributed by atoms with van der Waals surface area (Å²) >= 11 is 0. The molecule has 1 rings (SSSR count). The zero-order valence-corrected chi connectivity index (χ0v) is 14.7. The minimum atomic E-state index is -0.684. The summed E-state index contributed by atoms with van der Waals surface area (Å²) in [5, 5.41) is 0. The van der Waals surface area contributed by atoms with Crippen molar-refractivity contribution in [3.05, 3.63) is 11.8 Å². The van der Waals surface area contributed by atoms with Gasteiger partial charge in [-0.25, -0.2) is 0 Å². The summed E-state index contributed by atoms with van der Waals surface area (Å²) in [6, 6.07) is 0. The summed E-state index contributed by atoms with van der Waals surface area (Å²) in [5.41, 5.74) is 0. The molecule has 0 fully saturated rings. The van der Waals surface area contributed by atoms with Gasteiger partial charge in [0.15, 0.2) is 12.4 Å². The molecule has 0 aromatic rings. The van der Waals surface area contributed by atoms with Crippen molar-refractivity contribution in [1.82, 2.24) is 0 Å². The molecule has 136 valence electrons. The maximum Gasteiger partial charge on any atom is 0.307 e. The van der Waals surface area contributed by atoms with Crippen LogP contribution in [0.1, 0.15) is 47.0 Å². The molecule has 0 bridgehead atoms. The first-order valence-corrected chi connectivity index (χ1v) is 8.09. The molecule has 1 aliphatic rings. The first-order chi connectivity index (χ1) is 11.3. The van der Waals surface area contributed by atoms with Crippen LogP contribution in [0.5, 0.6) is 0 Å². The van der Waals surface area contributed by atoms with Crippen molar-refractivity contribution in [3.8, 4) is 0 Å². The average Bonchev–Trinajstić information content (AvgIpc) is 2.46. The Morgan fingerprint density at radius 2 is 1.83 bits per heavy atom. The van der Waals surface area contributed by atoms with Crippen molar-refractivity contribution in [2.75, 3.05) is 13.2 Å². The summed E-state index contributed by atoms with van der Waals surface area (Å²) in [5.74, 6) is -0.546. The molecule has 7 heteroatoms. The van der Waals surface area contributed by atoms with E-state index >= 15 is 0 Å². The summed E-state index contributed by atoms with van der Waals surface area (Å²) in [7, 11) is 0. The number of hydrogen-bond donors (Lipinski definition) is 0. The highest BCUT2D eigenvalue weighted by Crippen LogP contribution is 2.26. The van der Waals surface area contributed by atoms with Gasteiger partial charge in [0.2, 0.25) is 0 Å². The quantitative estimate of drug-likeness (QED) is 0.468. The summed E-state index contributed by atoms with van der Waals surface area (Å²) in [6.07, 6.45) is 2.59. The number of rotatable bonds is 9. The largest absolute Gasteiger partial charge is 0.463 e. The van der Waals surface area contributed by atoms with Gasteiger partial charge in [0.1, 0.15) is 18.1 Å². The van der Waals surface area contributed by atoms with Gasteiger partial charge in [-0.05, 0) is 25.8 Å². The second-order valence-corrected chi connectivity index (χ2v) is 5.85. The standard InChI is InChI=1S/C17H26O7/c1-11-9-15(23-14(4)20)16(10-22-13(3)19)24-17(11)21-8-6-5-7-12(2)18/h9,11,16-17H,5-8,10H2,1-4H3. The summed E-state index contributed by atoms with van der Waals surface area (Å²) in [4.78, 5) is 33.1. The van der Waals surface area contributed by atoms with Crippen LogP contribution in [0.2, 0.25) is 0 Å². The number of ether oxygens (including phenoxy) is 4. The minimum Gasteiger partial charge on any atom is -0.463 e. The molecular weight excluding hydrogens is 316 g/mol. The SMILES string of the molecule is CC(=O)CCCCOC1OC(COC(C)=O)C(OC(C)=O)=CC1C. The topological polar surface area (TPSA) is 88.1 Å². The molecule has 0 aliphatic carbocycles. The number of hydrogen-bond acceptors (Lipinski definition) is 7. The first-order valence-electron chi connectivity index (χ1n) is 8.09. The van der Waals surface area contributed by atoms with Crippen molar-refractivity contribution >= 4 is 17.7 Å². The highest BCUT2D eigenvalue weighted by atomic mass is 16.7.